The molecule has 122 valence electrons. The quantitative estimate of drug-likeness (QED) is 0.695. The van der Waals surface area contributed by atoms with Gasteiger partial charge in [0, 0.05) is 16.4 Å². The molecule has 0 saturated carbocycles. The molecule has 3 rings (SSSR count). The second kappa shape index (κ2) is 7.55. The number of rotatable bonds is 4. The molecule has 0 unspecified atom stereocenters. The Hall–Kier alpha value is -3.24. The first-order valence-electron chi connectivity index (χ1n) is 7.32. The van der Waals surface area contributed by atoms with Gasteiger partial charge in [0.25, 0.3) is 5.91 Å². The molecule has 1 amide bonds. The first-order valence-corrected chi connectivity index (χ1v) is 8.11. The maximum atomic E-state index is 12.3. The van der Waals surface area contributed by atoms with Crippen molar-refractivity contribution >= 4 is 39.2 Å². The topological polar surface area (TPSA) is 90.7 Å². The van der Waals surface area contributed by atoms with Gasteiger partial charge < -0.3 is 10.6 Å². The van der Waals surface area contributed by atoms with Crippen molar-refractivity contribution in [2.45, 2.75) is 0 Å². The molecule has 0 bridgehead atoms. The molecule has 3 aromatic rings. The highest BCUT2D eigenvalue weighted by atomic mass is 79.9. The monoisotopic (exact) mass is 393 g/mol. The molecule has 0 aliphatic rings. The lowest BCUT2D eigenvalue weighted by Crippen LogP contribution is -2.14. The van der Waals surface area contributed by atoms with Crippen molar-refractivity contribution in [1.29, 1.82) is 5.26 Å². The van der Waals surface area contributed by atoms with Gasteiger partial charge in [0.05, 0.1) is 17.3 Å². The van der Waals surface area contributed by atoms with Crippen molar-refractivity contribution in [3.63, 3.8) is 0 Å². The number of hydrogen-bond donors (Lipinski definition) is 2. The molecule has 1 heterocycles. The van der Waals surface area contributed by atoms with E-state index >= 15 is 0 Å². The van der Waals surface area contributed by atoms with E-state index in [-0.39, 0.29) is 11.6 Å². The lowest BCUT2D eigenvalue weighted by molar-refractivity contribution is 0.102. The van der Waals surface area contributed by atoms with Gasteiger partial charge in [-0.15, -0.1) is 0 Å². The molecule has 0 saturated heterocycles. The number of amides is 1. The van der Waals surface area contributed by atoms with Crippen LogP contribution in [0.3, 0.4) is 0 Å². The number of carbonyl (C=O) groups excluding carboxylic acids is 1. The summed E-state index contributed by atoms with van der Waals surface area (Å²) in [5, 5.41) is 14.6. The van der Waals surface area contributed by atoms with Crippen molar-refractivity contribution in [3.05, 3.63) is 76.5 Å². The van der Waals surface area contributed by atoms with Gasteiger partial charge in [-0.3, -0.25) is 4.79 Å². The molecule has 0 atom stereocenters. The Morgan fingerprint density at radius 2 is 1.84 bits per heavy atom. The Labute approximate surface area is 152 Å². The zero-order valence-corrected chi connectivity index (χ0v) is 14.5. The number of anilines is 3. The number of nitriles is 1. The summed E-state index contributed by atoms with van der Waals surface area (Å²) < 4.78 is 0.867. The van der Waals surface area contributed by atoms with Crippen LogP contribution < -0.4 is 10.6 Å². The predicted octanol–water partition coefficient (Wildman–Crippen LogP) is 4.11. The Bertz CT molecular complexity index is 950. The number of carbonyl (C=O) groups is 1. The molecule has 0 radical (unpaired) electrons. The zero-order valence-electron chi connectivity index (χ0n) is 12.9. The lowest BCUT2D eigenvalue weighted by Gasteiger charge is -2.08. The van der Waals surface area contributed by atoms with Crippen LogP contribution in [0.25, 0.3) is 0 Å². The Morgan fingerprint density at radius 3 is 2.56 bits per heavy atom. The van der Waals surface area contributed by atoms with Gasteiger partial charge in [-0.05, 0) is 58.4 Å². The molecular weight excluding hydrogens is 382 g/mol. The number of halogens is 1. The van der Waals surface area contributed by atoms with Gasteiger partial charge in [0.2, 0.25) is 5.95 Å². The van der Waals surface area contributed by atoms with Crippen LogP contribution in [0.4, 0.5) is 17.3 Å². The van der Waals surface area contributed by atoms with E-state index < -0.39 is 0 Å². The van der Waals surface area contributed by atoms with Gasteiger partial charge in [-0.25, -0.2) is 9.97 Å². The van der Waals surface area contributed by atoms with Crippen molar-refractivity contribution in [1.82, 2.24) is 9.97 Å². The van der Waals surface area contributed by atoms with Crippen LogP contribution in [0, 0.1) is 11.3 Å². The number of nitrogens with one attached hydrogen (secondary N) is 2. The maximum absolute atomic E-state index is 12.3. The largest absolute Gasteiger partial charge is 0.323 e. The van der Waals surface area contributed by atoms with Crippen molar-refractivity contribution in [2.75, 3.05) is 10.6 Å². The summed E-state index contributed by atoms with van der Waals surface area (Å²) in [7, 11) is 0. The van der Waals surface area contributed by atoms with Crippen molar-refractivity contribution in [3.8, 4) is 6.07 Å². The molecule has 6 nitrogen and oxygen atoms in total. The fourth-order valence-electron chi connectivity index (χ4n) is 2.05. The van der Waals surface area contributed by atoms with Crippen LogP contribution in [-0.2, 0) is 0 Å². The number of nitrogens with zero attached hydrogens (tertiary/aromatic N) is 3. The first-order chi connectivity index (χ1) is 12.2. The van der Waals surface area contributed by atoms with Crippen molar-refractivity contribution in [2.24, 2.45) is 0 Å². The minimum absolute atomic E-state index is 0.230. The fourth-order valence-corrected chi connectivity index (χ4v) is 2.44. The molecule has 1 aromatic heterocycles. The van der Waals surface area contributed by atoms with E-state index in [1.807, 2.05) is 30.3 Å². The van der Waals surface area contributed by atoms with Crippen LogP contribution in [0.5, 0.6) is 0 Å². The summed E-state index contributed by atoms with van der Waals surface area (Å²) >= 11 is 3.44. The van der Waals surface area contributed by atoms with Crippen LogP contribution in [-0.4, -0.2) is 15.9 Å². The molecule has 2 aromatic carbocycles. The minimum atomic E-state index is -0.359. The fraction of sp³-hybridized carbons (Fsp3) is 0. The lowest BCUT2D eigenvalue weighted by atomic mass is 10.2. The molecular formula is C18H12BrN5O. The molecule has 0 aliphatic carbocycles. The number of aromatic nitrogens is 2. The normalized spacial score (nSPS) is 9.92. The standard InChI is InChI=1S/C18H12BrN5O/c19-14-3-1-2-4-15(14)23-18-21-10-9-16(24-18)17(25)22-13-7-5-12(11-20)6-8-13/h1-10H,(H,22,25)(H,21,23,24). The second-order valence-electron chi connectivity index (χ2n) is 5.01. The highest BCUT2D eigenvalue weighted by Gasteiger charge is 2.10. The molecule has 2 N–H and O–H groups in total. The van der Waals surface area contributed by atoms with Crippen molar-refractivity contribution < 1.29 is 4.79 Å². The molecule has 0 aliphatic heterocycles. The Morgan fingerprint density at radius 1 is 1.08 bits per heavy atom. The highest BCUT2D eigenvalue weighted by Crippen LogP contribution is 2.23. The van der Waals surface area contributed by atoms with Crippen LogP contribution in [0.1, 0.15) is 16.1 Å². The van der Waals surface area contributed by atoms with Gasteiger partial charge in [0.15, 0.2) is 0 Å². The van der Waals surface area contributed by atoms with Gasteiger partial charge in [-0.1, -0.05) is 12.1 Å². The van der Waals surface area contributed by atoms with E-state index in [0.29, 0.717) is 17.2 Å². The van der Waals surface area contributed by atoms with E-state index in [4.69, 9.17) is 5.26 Å². The average molecular weight is 394 g/mol. The third-order valence-electron chi connectivity index (χ3n) is 3.28. The van der Waals surface area contributed by atoms with E-state index in [2.05, 4.69) is 36.5 Å². The van der Waals surface area contributed by atoms with E-state index in [1.165, 1.54) is 12.3 Å². The third kappa shape index (κ3) is 4.19. The summed E-state index contributed by atoms with van der Waals surface area (Å²) in [6, 6.07) is 17.7. The summed E-state index contributed by atoms with van der Waals surface area (Å²) in [5.74, 6) is -0.0401. The van der Waals surface area contributed by atoms with Crippen LogP contribution >= 0.6 is 15.9 Å². The zero-order chi connectivity index (χ0) is 17.6. The molecule has 0 spiro atoms. The number of hydrogen-bond acceptors (Lipinski definition) is 5. The smallest absolute Gasteiger partial charge is 0.274 e. The summed E-state index contributed by atoms with van der Waals surface area (Å²) in [5.41, 5.74) is 2.14. The Kier molecular flexibility index (Phi) is 5.02. The first kappa shape index (κ1) is 16.6. The SMILES string of the molecule is N#Cc1ccc(NC(=O)c2ccnc(Nc3ccccc3Br)n2)cc1. The number of para-hydroxylation sites is 1. The van der Waals surface area contributed by atoms with E-state index in [0.717, 1.165) is 10.2 Å². The van der Waals surface area contributed by atoms with Gasteiger partial charge >= 0.3 is 0 Å². The average Bonchev–Trinajstić information content (AvgIpc) is 2.64. The van der Waals surface area contributed by atoms with Crippen LogP contribution in [0.15, 0.2) is 65.3 Å². The maximum Gasteiger partial charge on any atom is 0.274 e. The highest BCUT2D eigenvalue weighted by molar-refractivity contribution is 9.10. The second-order valence-corrected chi connectivity index (χ2v) is 5.87. The summed E-state index contributed by atoms with van der Waals surface area (Å²) in [6.45, 7) is 0. The Balaban J connectivity index is 1.75. The predicted molar refractivity (Wildman–Crippen MR) is 98.6 cm³/mol. The molecule has 25 heavy (non-hydrogen) atoms. The number of benzene rings is 2. The third-order valence-corrected chi connectivity index (χ3v) is 3.97. The van der Waals surface area contributed by atoms with E-state index in [9.17, 15) is 4.79 Å². The van der Waals surface area contributed by atoms with Gasteiger partial charge in [0.1, 0.15) is 5.69 Å². The van der Waals surface area contributed by atoms with Gasteiger partial charge in [-0.2, -0.15) is 5.26 Å². The molecule has 0 fully saturated rings. The summed E-state index contributed by atoms with van der Waals surface area (Å²) in [4.78, 5) is 20.7. The minimum Gasteiger partial charge on any atom is -0.323 e. The summed E-state index contributed by atoms with van der Waals surface area (Å²) in [6.07, 6.45) is 1.51. The van der Waals surface area contributed by atoms with Crippen LogP contribution in [0.2, 0.25) is 0 Å². The van der Waals surface area contributed by atoms with E-state index in [1.54, 1.807) is 24.3 Å². The molecule has 7 heteroatoms.